The molecule has 0 N–H and O–H groups in total. The van der Waals surface area contributed by atoms with E-state index in [4.69, 9.17) is 14.2 Å². The Kier molecular flexibility index (Phi) is 4.66. The van der Waals surface area contributed by atoms with Crippen LogP contribution in [0.2, 0.25) is 0 Å². The second-order valence-electron chi connectivity index (χ2n) is 4.71. The van der Waals surface area contributed by atoms with Crippen molar-refractivity contribution in [1.29, 1.82) is 0 Å². The summed E-state index contributed by atoms with van der Waals surface area (Å²) in [5, 5.41) is 0. The molecule has 1 heterocycles. The maximum atomic E-state index is 11.2. The van der Waals surface area contributed by atoms with Gasteiger partial charge < -0.3 is 14.2 Å². The summed E-state index contributed by atoms with van der Waals surface area (Å²) in [6.45, 7) is 3.86. The van der Waals surface area contributed by atoms with Crippen LogP contribution in [0.1, 0.15) is 51.2 Å². The third kappa shape index (κ3) is 3.63. The molecule has 2 rings (SSSR count). The van der Waals surface area contributed by atoms with Crippen molar-refractivity contribution in [3.8, 4) is 11.5 Å². The summed E-state index contributed by atoms with van der Waals surface area (Å²) in [5.74, 6) is 1.23. The Morgan fingerprint density at radius 1 is 1.32 bits per heavy atom. The predicted molar refractivity (Wildman–Crippen MR) is 71.2 cm³/mol. The van der Waals surface area contributed by atoms with Gasteiger partial charge in [-0.1, -0.05) is 25.8 Å². The highest BCUT2D eigenvalue weighted by molar-refractivity contribution is 5.66. The lowest BCUT2D eigenvalue weighted by Crippen LogP contribution is -2.08. The molecule has 19 heavy (non-hydrogen) atoms. The Balaban J connectivity index is 2.10. The van der Waals surface area contributed by atoms with Crippen LogP contribution < -0.4 is 9.47 Å². The number of hydrogen-bond acceptors (Lipinski definition) is 4. The standard InChI is InChI=1S/C15H20O4/c1-3-4-5-6-13(19-11(2)16)12-7-8-14-15(9-12)18-10-17-14/h7-9,13H,3-6,10H2,1-2H3/t13-/m0/s1. The minimum Gasteiger partial charge on any atom is -0.458 e. The number of carbonyl (C=O) groups is 1. The van der Waals surface area contributed by atoms with Crippen molar-refractivity contribution < 1.29 is 19.0 Å². The van der Waals surface area contributed by atoms with Crippen molar-refractivity contribution in [2.75, 3.05) is 6.79 Å². The average molecular weight is 264 g/mol. The monoisotopic (exact) mass is 264 g/mol. The lowest BCUT2D eigenvalue weighted by atomic mass is 10.0. The zero-order valence-corrected chi connectivity index (χ0v) is 11.5. The first kappa shape index (κ1) is 13.7. The molecule has 1 atom stereocenters. The summed E-state index contributed by atoms with van der Waals surface area (Å²) in [5.41, 5.74) is 0.968. The van der Waals surface area contributed by atoms with Crippen LogP contribution in [-0.2, 0) is 9.53 Å². The Hall–Kier alpha value is -1.71. The summed E-state index contributed by atoms with van der Waals surface area (Å²) in [4.78, 5) is 11.2. The Morgan fingerprint density at radius 3 is 2.84 bits per heavy atom. The summed E-state index contributed by atoms with van der Waals surface area (Å²) >= 11 is 0. The fourth-order valence-electron chi connectivity index (χ4n) is 2.19. The third-order valence-electron chi connectivity index (χ3n) is 3.15. The second-order valence-corrected chi connectivity index (χ2v) is 4.71. The highest BCUT2D eigenvalue weighted by Crippen LogP contribution is 2.36. The molecule has 0 amide bonds. The van der Waals surface area contributed by atoms with E-state index in [1.807, 2.05) is 18.2 Å². The molecular formula is C15H20O4. The van der Waals surface area contributed by atoms with Gasteiger partial charge in [0.2, 0.25) is 6.79 Å². The summed E-state index contributed by atoms with van der Waals surface area (Å²) in [6.07, 6.45) is 3.98. The van der Waals surface area contributed by atoms with E-state index < -0.39 is 0 Å². The molecule has 4 nitrogen and oxygen atoms in total. The van der Waals surface area contributed by atoms with Gasteiger partial charge in [0.1, 0.15) is 6.10 Å². The molecule has 104 valence electrons. The number of hydrogen-bond donors (Lipinski definition) is 0. The Labute approximate surface area is 113 Å². The zero-order chi connectivity index (χ0) is 13.7. The Morgan fingerprint density at radius 2 is 2.11 bits per heavy atom. The van der Waals surface area contributed by atoms with E-state index in [1.165, 1.54) is 6.92 Å². The third-order valence-corrected chi connectivity index (χ3v) is 3.15. The molecule has 0 bridgehead atoms. The van der Waals surface area contributed by atoms with Gasteiger partial charge >= 0.3 is 5.97 Å². The molecule has 0 saturated carbocycles. The highest BCUT2D eigenvalue weighted by Gasteiger charge is 2.19. The van der Waals surface area contributed by atoms with E-state index in [2.05, 4.69) is 6.92 Å². The minimum atomic E-state index is -0.251. The van der Waals surface area contributed by atoms with Crippen LogP contribution in [0.25, 0.3) is 0 Å². The molecule has 0 aliphatic carbocycles. The molecule has 0 spiro atoms. The van der Waals surface area contributed by atoms with Gasteiger partial charge in [0.05, 0.1) is 0 Å². The number of unbranched alkanes of at least 4 members (excludes halogenated alkanes) is 2. The number of benzene rings is 1. The fourth-order valence-corrected chi connectivity index (χ4v) is 2.19. The SMILES string of the molecule is CCCCC[C@H](OC(C)=O)c1ccc2c(c1)OCO2. The lowest BCUT2D eigenvalue weighted by Gasteiger charge is -2.17. The van der Waals surface area contributed by atoms with E-state index in [9.17, 15) is 4.79 Å². The topological polar surface area (TPSA) is 44.8 Å². The summed E-state index contributed by atoms with van der Waals surface area (Å²) < 4.78 is 16.0. The van der Waals surface area contributed by atoms with Crippen molar-refractivity contribution >= 4 is 5.97 Å². The number of rotatable bonds is 6. The van der Waals surface area contributed by atoms with Gasteiger partial charge in [-0.25, -0.2) is 0 Å². The fraction of sp³-hybridized carbons (Fsp3) is 0.533. The smallest absolute Gasteiger partial charge is 0.303 e. The van der Waals surface area contributed by atoms with E-state index >= 15 is 0 Å². The quantitative estimate of drug-likeness (QED) is 0.581. The lowest BCUT2D eigenvalue weighted by molar-refractivity contribution is -0.147. The molecule has 4 heteroatoms. The van der Waals surface area contributed by atoms with E-state index in [0.29, 0.717) is 0 Å². The first-order chi connectivity index (χ1) is 9.20. The van der Waals surface area contributed by atoms with Crippen molar-refractivity contribution in [2.45, 2.75) is 45.6 Å². The van der Waals surface area contributed by atoms with Gasteiger partial charge in [-0.05, 0) is 30.5 Å². The molecular weight excluding hydrogens is 244 g/mol. The molecule has 1 aromatic carbocycles. The molecule has 0 unspecified atom stereocenters. The first-order valence-corrected chi connectivity index (χ1v) is 6.77. The van der Waals surface area contributed by atoms with Gasteiger partial charge in [0, 0.05) is 6.92 Å². The van der Waals surface area contributed by atoms with Crippen LogP contribution >= 0.6 is 0 Å². The molecule has 0 saturated heterocycles. The second kappa shape index (κ2) is 6.45. The van der Waals surface area contributed by atoms with Gasteiger partial charge in [0.25, 0.3) is 0 Å². The van der Waals surface area contributed by atoms with Gasteiger partial charge in [-0.2, -0.15) is 0 Å². The van der Waals surface area contributed by atoms with Crippen LogP contribution in [0, 0.1) is 0 Å². The van der Waals surface area contributed by atoms with Crippen molar-refractivity contribution in [3.05, 3.63) is 23.8 Å². The zero-order valence-electron chi connectivity index (χ0n) is 11.5. The number of esters is 1. The van der Waals surface area contributed by atoms with E-state index in [-0.39, 0.29) is 18.9 Å². The van der Waals surface area contributed by atoms with E-state index in [0.717, 1.165) is 42.7 Å². The number of ether oxygens (including phenoxy) is 3. The Bertz CT molecular complexity index is 442. The van der Waals surface area contributed by atoms with Crippen LogP contribution in [0.4, 0.5) is 0 Å². The number of fused-ring (bicyclic) bond motifs is 1. The van der Waals surface area contributed by atoms with Crippen LogP contribution in [0.3, 0.4) is 0 Å². The van der Waals surface area contributed by atoms with Crippen molar-refractivity contribution in [3.63, 3.8) is 0 Å². The molecule has 0 fully saturated rings. The molecule has 1 aromatic rings. The molecule has 0 radical (unpaired) electrons. The van der Waals surface area contributed by atoms with Crippen LogP contribution in [0.15, 0.2) is 18.2 Å². The van der Waals surface area contributed by atoms with Crippen molar-refractivity contribution in [2.24, 2.45) is 0 Å². The maximum absolute atomic E-state index is 11.2. The largest absolute Gasteiger partial charge is 0.458 e. The van der Waals surface area contributed by atoms with Crippen LogP contribution in [-0.4, -0.2) is 12.8 Å². The highest BCUT2D eigenvalue weighted by atomic mass is 16.7. The summed E-state index contributed by atoms with van der Waals surface area (Å²) in [7, 11) is 0. The first-order valence-electron chi connectivity index (χ1n) is 6.77. The molecule has 0 aromatic heterocycles. The normalized spacial score (nSPS) is 14.2. The predicted octanol–water partition coefficient (Wildman–Crippen LogP) is 3.60. The van der Waals surface area contributed by atoms with Gasteiger partial charge in [-0.3, -0.25) is 4.79 Å². The number of carbonyl (C=O) groups excluding carboxylic acids is 1. The molecule has 1 aliphatic heterocycles. The van der Waals surface area contributed by atoms with Crippen molar-refractivity contribution in [1.82, 2.24) is 0 Å². The van der Waals surface area contributed by atoms with E-state index in [1.54, 1.807) is 0 Å². The molecule has 1 aliphatic rings. The van der Waals surface area contributed by atoms with Gasteiger partial charge in [-0.15, -0.1) is 0 Å². The minimum absolute atomic E-state index is 0.196. The van der Waals surface area contributed by atoms with Gasteiger partial charge in [0.15, 0.2) is 11.5 Å². The average Bonchev–Trinajstić information content (AvgIpc) is 2.84. The summed E-state index contributed by atoms with van der Waals surface area (Å²) in [6, 6.07) is 5.71. The van der Waals surface area contributed by atoms with Crippen LogP contribution in [0.5, 0.6) is 11.5 Å². The maximum Gasteiger partial charge on any atom is 0.303 e.